The van der Waals surface area contributed by atoms with Crippen LogP contribution in [-0.2, 0) is 11.2 Å². The molecule has 60 valence electrons. The molecule has 2 N–H and O–H groups in total. The van der Waals surface area contributed by atoms with Crippen molar-refractivity contribution in [2.24, 2.45) is 0 Å². The molecule has 0 atom stereocenters. The Bertz CT molecular complexity index is 358. The first kappa shape index (κ1) is 7.03. The molecule has 0 radical (unpaired) electrons. The van der Waals surface area contributed by atoms with Crippen LogP contribution in [0.4, 0.5) is 5.69 Å². The fourth-order valence-corrected chi connectivity index (χ4v) is 1.34. The predicted molar refractivity (Wildman–Crippen MR) is 46.7 cm³/mol. The summed E-state index contributed by atoms with van der Waals surface area (Å²) in [7, 11) is 0. The average Bonchev–Trinajstić information content (AvgIpc) is 2.43. The lowest BCUT2D eigenvalue weighted by Crippen LogP contribution is -2.03. The topological polar surface area (TPSA) is 53.0 Å². The van der Waals surface area contributed by atoms with Crippen LogP contribution in [0.25, 0.3) is 0 Å². The Morgan fingerprint density at radius 1 is 1.50 bits per heavy atom. The van der Waals surface area contributed by atoms with Gasteiger partial charge in [-0.1, -0.05) is 6.07 Å². The molecule has 3 nitrogen and oxygen atoms in total. The maximum absolute atomic E-state index is 10.9. The highest BCUT2D eigenvalue weighted by Gasteiger charge is 2.16. The number of fused-ring (bicyclic) bond motifs is 1. The lowest BCUT2D eigenvalue weighted by molar-refractivity contribution is -0.115. The normalized spacial score (nSPS) is 13.8. The van der Waals surface area contributed by atoms with Crippen LogP contribution in [0.5, 0.6) is 0 Å². The molecule has 12 heavy (non-hydrogen) atoms. The fraction of sp³-hybridized carbons (Fsp3) is 0.111. The molecule has 0 saturated heterocycles. The Labute approximate surface area is 69.9 Å². The van der Waals surface area contributed by atoms with Crippen molar-refractivity contribution in [1.82, 2.24) is 0 Å². The van der Waals surface area contributed by atoms with Crippen molar-refractivity contribution in [2.45, 2.75) is 6.42 Å². The summed E-state index contributed by atoms with van der Waals surface area (Å²) in [4.78, 5) is 10.9. The molecule has 2 rings (SSSR count). The van der Waals surface area contributed by atoms with Gasteiger partial charge in [0, 0.05) is 11.9 Å². The van der Waals surface area contributed by atoms with Gasteiger partial charge in [-0.3, -0.25) is 4.79 Å². The summed E-state index contributed by atoms with van der Waals surface area (Å²) in [6.07, 6.45) is 1.72. The molecule has 1 aliphatic rings. The highest BCUT2D eigenvalue weighted by atomic mass is 16.1. The second-order valence-corrected chi connectivity index (χ2v) is 2.79. The Balaban J connectivity index is 2.48. The molecule has 1 aromatic rings. The molecule has 0 bridgehead atoms. The first-order valence-corrected chi connectivity index (χ1v) is 3.73. The van der Waals surface area contributed by atoms with Gasteiger partial charge in [-0.15, -0.1) is 0 Å². The van der Waals surface area contributed by atoms with Crippen LogP contribution in [0.1, 0.15) is 11.1 Å². The minimum atomic E-state index is 0.0344. The van der Waals surface area contributed by atoms with E-state index in [1.165, 1.54) is 6.21 Å². The van der Waals surface area contributed by atoms with E-state index in [0.717, 1.165) is 16.8 Å². The van der Waals surface area contributed by atoms with Crippen LogP contribution in [0.2, 0.25) is 0 Å². The minimum absolute atomic E-state index is 0.0344. The molecule has 1 aromatic carbocycles. The maximum Gasteiger partial charge on any atom is 0.228 e. The van der Waals surface area contributed by atoms with Gasteiger partial charge in [-0.2, -0.15) is 0 Å². The maximum atomic E-state index is 10.9. The molecular formula is C9H8N2O. The number of hydrogen-bond donors (Lipinski definition) is 2. The summed E-state index contributed by atoms with van der Waals surface area (Å²) in [5.74, 6) is 0.0344. The van der Waals surface area contributed by atoms with E-state index in [0.29, 0.717) is 6.42 Å². The molecule has 0 fully saturated rings. The Kier molecular flexibility index (Phi) is 1.43. The van der Waals surface area contributed by atoms with Gasteiger partial charge < -0.3 is 10.7 Å². The standard InChI is InChI=1S/C9H8N2O/c10-5-6-1-2-8-7(3-6)4-9(12)11-8/h1-3,5,10H,4H2,(H,11,12). The van der Waals surface area contributed by atoms with Gasteiger partial charge in [0.25, 0.3) is 0 Å². The zero-order valence-electron chi connectivity index (χ0n) is 6.42. The molecule has 0 spiro atoms. The van der Waals surface area contributed by atoms with Gasteiger partial charge >= 0.3 is 0 Å². The largest absolute Gasteiger partial charge is 0.326 e. The monoisotopic (exact) mass is 160 g/mol. The molecule has 0 aliphatic carbocycles. The van der Waals surface area contributed by atoms with Gasteiger partial charge in [0.2, 0.25) is 5.91 Å². The Morgan fingerprint density at radius 2 is 2.33 bits per heavy atom. The van der Waals surface area contributed by atoms with Crippen LogP contribution in [0.15, 0.2) is 18.2 Å². The number of hydrogen-bond acceptors (Lipinski definition) is 2. The van der Waals surface area contributed by atoms with Gasteiger partial charge in [0.15, 0.2) is 0 Å². The molecule has 1 amide bonds. The molecule has 0 unspecified atom stereocenters. The molecule has 0 saturated carbocycles. The quantitative estimate of drug-likeness (QED) is 0.595. The molecule has 1 heterocycles. The minimum Gasteiger partial charge on any atom is -0.326 e. The zero-order valence-corrected chi connectivity index (χ0v) is 6.42. The molecule has 0 aromatic heterocycles. The van der Waals surface area contributed by atoms with E-state index < -0.39 is 0 Å². The lowest BCUT2D eigenvalue weighted by Gasteiger charge is -1.97. The smallest absolute Gasteiger partial charge is 0.228 e. The number of amides is 1. The van der Waals surface area contributed by atoms with E-state index in [-0.39, 0.29) is 5.91 Å². The summed E-state index contributed by atoms with van der Waals surface area (Å²) in [6.45, 7) is 0. The Morgan fingerprint density at radius 3 is 3.08 bits per heavy atom. The second-order valence-electron chi connectivity index (χ2n) is 2.79. The summed E-state index contributed by atoms with van der Waals surface area (Å²) < 4.78 is 0. The van der Waals surface area contributed by atoms with Gasteiger partial charge in [0.05, 0.1) is 6.42 Å². The van der Waals surface area contributed by atoms with Crippen LogP contribution in [0.3, 0.4) is 0 Å². The highest BCUT2D eigenvalue weighted by Crippen LogP contribution is 2.22. The van der Waals surface area contributed by atoms with Crippen molar-refractivity contribution in [3.63, 3.8) is 0 Å². The number of anilines is 1. The lowest BCUT2D eigenvalue weighted by atomic mass is 10.1. The summed E-state index contributed by atoms with van der Waals surface area (Å²) in [5.41, 5.74) is 2.71. The number of benzene rings is 1. The van der Waals surface area contributed by atoms with Crippen LogP contribution >= 0.6 is 0 Å². The number of carbonyl (C=O) groups is 1. The van der Waals surface area contributed by atoms with E-state index >= 15 is 0 Å². The first-order chi connectivity index (χ1) is 5.79. The predicted octanol–water partition coefficient (Wildman–Crippen LogP) is 1.18. The molecule has 3 heteroatoms. The second kappa shape index (κ2) is 2.44. The van der Waals surface area contributed by atoms with E-state index in [2.05, 4.69) is 5.32 Å². The summed E-state index contributed by atoms with van der Waals surface area (Å²) in [5, 5.41) is 9.76. The number of rotatable bonds is 1. The summed E-state index contributed by atoms with van der Waals surface area (Å²) >= 11 is 0. The SMILES string of the molecule is N=Cc1ccc2c(c1)CC(=O)N2. The van der Waals surface area contributed by atoms with Crippen molar-refractivity contribution in [3.8, 4) is 0 Å². The molecular weight excluding hydrogens is 152 g/mol. The first-order valence-electron chi connectivity index (χ1n) is 3.73. The highest BCUT2D eigenvalue weighted by molar-refractivity contribution is 5.99. The molecule has 1 aliphatic heterocycles. The van der Waals surface area contributed by atoms with Crippen molar-refractivity contribution >= 4 is 17.8 Å². The van der Waals surface area contributed by atoms with Crippen molar-refractivity contribution in [2.75, 3.05) is 5.32 Å². The van der Waals surface area contributed by atoms with E-state index in [1.54, 1.807) is 0 Å². The van der Waals surface area contributed by atoms with E-state index in [1.807, 2.05) is 18.2 Å². The number of carbonyl (C=O) groups excluding carboxylic acids is 1. The van der Waals surface area contributed by atoms with Crippen molar-refractivity contribution in [3.05, 3.63) is 29.3 Å². The van der Waals surface area contributed by atoms with Gasteiger partial charge in [-0.25, -0.2) is 0 Å². The third-order valence-electron chi connectivity index (χ3n) is 1.92. The average molecular weight is 160 g/mol. The Hall–Kier alpha value is -1.64. The van der Waals surface area contributed by atoms with E-state index in [4.69, 9.17) is 5.41 Å². The third-order valence-corrected chi connectivity index (χ3v) is 1.92. The third kappa shape index (κ3) is 0.993. The van der Waals surface area contributed by atoms with E-state index in [9.17, 15) is 4.79 Å². The van der Waals surface area contributed by atoms with Gasteiger partial charge in [-0.05, 0) is 23.3 Å². The number of nitrogens with one attached hydrogen (secondary N) is 2. The summed E-state index contributed by atoms with van der Waals surface area (Å²) in [6, 6.07) is 5.51. The van der Waals surface area contributed by atoms with Crippen molar-refractivity contribution in [1.29, 1.82) is 5.41 Å². The fourth-order valence-electron chi connectivity index (χ4n) is 1.34. The van der Waals surface area contributed by atoms with Gasteiger partial charge in [0.1, 0.15) is 0 Å². The van der Waals surface area contributed by atoms with Crippen LogP contribution in [-0.4, -0.2) is 12.1 Å². The zero-order chi connectivity index (χ0) is 8.55. The van der Waals surface area contributed by atoms with Crippen LogP contribution in [0, 0.1) is 5.41 Å². The van der Waals surface area contributed by atoms with Crippen molar-refractivity contribution < 1.29 is 4.79 Å². The van der Waals surface area contributed by atoms with Crippen LogP contribution < -0.4 is 5.32 Å².